The van der Waals surface area contributed by atoms with Crippen molar-refractivity contribution in [1.82, 2.24) is 14.7 Å². The molecule has 0 bridgehead atoms. The zero-order valence-corrected chi connectivity index (χ0v) is 21.4. The van der Waals surface area contributed by atoms with Gasteiger partial charge in [0.25, 0.3) is 5.91 Å². The van der Waals surface area contributed by atoms with E-state index in [2.05, 4.69) is 13.0 Å². The lowest BCUT2D eigenvalue weighted by atomic mass is 10.0. The van der Waals surface area contributed by atoms with Gasteiger partial charge >= 0.3 is 0 Å². The van der Waals surface area contributed by atoms with Gasteiger partial charge in [0.15, 0.2) is 0 Å². The van der Waals surface area contributed by atoms with Crippen LogP contribution in [-0.4, -0.2) is 38.6 Å². The molecule has 7 heteroatoms. The van der Waals surface area contributed by atoms with Crippen LogP contribution in [0.4, 0.5) is 0 Å². The molecule has 2 aromatic carbocycles. The first-order valence-electron chi connectivity index (χ1n) is 11.6. The molecular weight excluding hydrogens is 462 g/mol. The number of thioether (sulfide) groups is 1. The van der Waals surface area contributed by atoms with E-state index in [1.54, 1.807) is 12.0 Å². The van der Waals surface area contributed by atoms with Gasteiger partial charge in [0.1, 0.15) is 15.8 Å². The molecule has 1 fully saturated rings. The van der Waals surface area contributed by atoms with Gasteiger partial charge in [-0.2, -0.15) is 5.10 Å². The van der Waals surface area contributed by atoms with E-state index >= 15 is 0 Å². The molecule has 0 aliphatic carbocycles. The van der Waals surface area contributed by atoms with Crippen LogP contribution in [0.15, 0.2) is 59.6 Å². The number of thiocarbonyl (C=S) groups is 1. The fraction of sp³-hybridized carbons (Fsp3) is 0.296. The number of carbonyl (C=O) groups excluding carboxylic acids is 1. The molecule has 0 saturated carbocycles. The molecule has 1 saturated heterocycles. The van der Waals surface area contributed by atoms with E-state index in [-0.39, 0.29) is 5.91 Å². The van der Waals surface area contributed by atoms with Gasteiger partial charge in [-0.3, -0.25) is 9.69 Å². The lowest BCUT2D eigenvalue weighted by Gasteiger charge is -2.13. The molecule has 1 aliphatic heterocycles. The van der Waals surface area contributed by atoms with Gasteiger partial charge in [-0.1, -0.05) is 68.4 Å². The van der Waals surface area contributed by atoms with Gasteiger partial charge in [-0.25, -0.2) is 4.68 Å². The second-order valence-electron chi connectivity index (χ2n) is 8.29. The first-order valence-corrected chi connectivity index (χ1v) is 12.8. The van der Waals surface area contributed by atoms with Crippen LogP contribution in [0, 0.1) is 6.92 Å². The van der Waals surface area contributed by atoms with Crippen molar-refractivity contribution >= 4 is 40.3 Å². The Kier molecular flexibility index (Phi) is 7.85. The highest BCUT2D eigenvalue weighted by Gasteiger charge is 2.32. The Morgan fingerprint density at radius 2 is 1.91 bits per heavy atom. The number of nitrogens with zero attached hydrogens (tertiary/aromatic N) is 3. The topological polar surface area (TPSA) is 47.4 Å². The number of methoxy groups -OCH3 is 1. The summed E-state index contributed by atoms with van der Waals surface area (Å²) in [5, 5.41) is 4.89. The van der Waals surface area contributed by atoms with Gasteiger partial charge in [0, 0.05) is 23.9 Å². The Balaban J connectivity index is 1.70. The summed E-state index contributed by atoms with van der Waals surface area (Å²) < 4.78 is 7.91. The zero-order chi connectivity index (χ0) is 24.1. The summed E-state index contributed by atoms with van der Waals surface area (Å²) in [6, 6.07) is 16.0. The summed E-state index contributed by atoms with van der Waals surface area (Å²) in [5.41, 5.74) is 4.63. The van der Waals surface area contributed by atoms with Crippen molar-refractivity contribution in [3.05, 3.63) is 70.8 Å². The minimum Gasteiger partial charge on any atom is -0.496 e. The average molecular weight is 492 g/mol. The quantitative estimate of drug-likeness (QED) is 0.191. The van der Waals surface area contributed by atoms with Gasteiger partial charge in [-0.15, -0.1) is 0 Å². The predicted octanol–water partition coefficient (Wildman–Crippen LogP) is 6.64. The number of carbonyl (C=O) groups is 1. The van der Waals surface area contributed by atoms with Crippen molar-refractivity contribution in [2.24, 2.45) is 0 Å². The first-order chi connectivity index (χ1) is 16.5. The number of hydrogen-bond donors (Lipinski definition) is 0. The number of aryl methyl sites for hydroxylation is 1. The molecular formula is C27H29N3O2S2. The van der Waals surface area contributed by atoms with Crippen LogP contribution in [0.5, 0.6) is 5.75 Å². The van der Waals surface area contributed by atoms with E-state index in [0.29, 0.717) is 15.8 Å². The smallest absolute Gasteiger partial charge is 0.266 e. The lowest BCUT2D eigenvalue weighted by molar-refractivity contribution is -0.122. The largest absolute Gasteiger partial charge is 0.496 e. The van der Waals surface area contributed by atoms with Gasteiger partial charge < -0.3 is 4.74 Å². The summed E-state index contributed by atoms with van der Waals surface area (Å²) in [4.78, 5) is 15.5. The average Bonchev–Trinajstić information content (AvgIpc) is 3.38. The maximum absolute atomic E-state index is 13.2. The molecule has 0 N–H and O–H groups in total. The normalized spacial score (nSPS) is 14.9. The van der Waals surface area contributed by atoms with Crippen LogP contribution in [0.3, 0.4) is 0 Å². The summed E-state index contributed by atoms with van der Waals surface area (Å²) in [6.07, 6.45) is 8.31. The van der Waals surface area contributed by atoms with Gasteiger partial charge in [-0.05, 0) is 55.3 Å². The van der Waals surface area contributed by atoms with Crippen molar-refractivity contribution < 1.29 is 9.53 Å². The number of benzene rings is 2. The van der Waals surface area contributed by atoms with Crippen LogP contribution in [0.2, 0.25) is 0 Å². The molecule has 34 heavy (non-hydrogen) atoms. The van der Waals surface area contributed by atoms with E-state index in [1.165, 1.54) is 18.2 Å². The van der Waals surface area contributed by atoms with Crippen LogP contribution >= 0.6 is 24.0 Å². The Hall–Kier alpha value is -2.90. The Morgan fingerprint density at radius 1 is 1.12 bits per heavy atom. The predicted molar refractivity (Wildman–Crippen MR) is 144 cm³/mol. The van der Waals surface area contributed by atoms with Crippen molar-refractivity contribution in [2.75, 3.05) is 13.7 Å². The highest BCUT2D eigenvalue weighted by atomic mass is 32.2. The first kappa shape index (κ1) is 24.2. The van der Waals surface area contributed by atoms with Gasteiger partial charge in [0.2, 0.25) is 0 Å². The molecule has 0 radical (unpaired) electrons. The fourth-order valence-electron chi connectivity index (χ4n) is 3.99. The minimum absolute atomic E-state index is 0.0178. The molecule has 5 nitrogen and oxygen atoms in total. The Morgan fingerprint density at radius 3 is 2.62 bits per heavy atom. The summed E-state index contributed by atoms with van der Waals surface area (Å²) >= 11 is 6.90. The molecule has 1 aliphatic rings. The zero-order valence-electron chi connectivity index (χ0n) is 19.8. The minimum atomic E-state index is -0.0178. The second kappa shape index (κ2) is 11.0. The van der Waals surface area contributed by atoms with E-state index in [9.17, 15) is 4.79 Å². The molecule has 4 rings (SSSR count). The summed E-state index contributed by atoms with van der Waals surface area (Å²) in [7, 11) is 1.67. The molecule has 0 unspecified atom stereocenters. The third kappa shape index (κ3) is 5.26. The maximum Gasteiger partial charge on any atom is 0.266 e. The standard InChI is InChI=1S/C27H29N3O2S2/c1-4-5-6-10-15-29-26(31)24(34-27(29)33)17-21-18-30(22-11-8-7-9-12-22)28-25(21)20-13-14-23(32-3)19(2)16-20/h7-9,11-14,16-18H,4-6,10,15H2,1-3H3/b24-17-. The molecule has 1 amide bonds. The molecule has 0 atom stereocenters. The molecule has 0 spiro atoms. The number of para-hydroxylation sites is 1. The SMILES string of the molecule is CCCCCCN1C(=O)/C(=C/c2cn(-c3ccccc3)nc2-c2ccc(OC)c(C)c2)SC1=S. The van der Waals surface area contributed by atoms with E-state index in [1.807, 2.05) is 66.3 Å². The monoisotopic (exact) mass is 491 g/mol. The Labute approximate surface area is 210 Å². The highest BCUT2D eigenvalue weighted by Crippen LogP contribution is 2.35. The molecule has 2 heterocycles. The summed E-state index contributed by atoms with van der Waals surface area (Å²) in [5.74, 6) is 0.813. The number of amides is 1. The van der Waals surface area contributed by atoms with Crippen molar-refractivity contribution in [3.8, 4) is 22.7 Å². The number of ether oxygens (including phenoxy) is 1. The van der Waals surface area contributed by atoms with Crippen LogP contribution in [-0.2, 0) is 4.79 Å². The number of hydrogen-bond acceptors (Lipinski definition) is 5. The third-order valence-electron chi connectivity index (χ3n) is 5.83. The number of unbranched alkanes of at least 4 members (excludes halogenated alkanes) is 3. The number of rotatable bonds is 9. The number of aromatic nitrogens is 2. The third-order valence-corrected chi connectivity index (χ3v) is 7.20. The van der Waals surface area contributed by atoms with E-state index in [0.717, 1.165) is 53.1 Å². The van der Waals surface area contributed by atoms with E-state index in [4.69, 9.17) is 22.1 Å². The summed E-state index contributed by atoms with van der Waals surface area (Å²) in [6.45, 7) is 4.87. The maximum atomic E-state index is 13.2. The Bertz CT molecular complexity index is 1220. The van der Waals surface area contributed by atoms with Crippen molar-refractivity contribution in [3.63, 3.8) is 0 Å². The highest BCUT2D eigenvalue weighted by molar-refractivity contribution is 8.26. The van der Waals surface area contributed by atoms with Crippen molar-refractivity contribution in [2.45, 2.75) is 39.5 Å². The lowest BCUT2D eigenvalue weighted by Crippen LogP contribution is -2.29. The molecule has 176 valence electrons. The second-order valence-corrected chi connectivity index (χ2v) is 9.97. The van der Waals surface area contributed by atoms with Crippen LogP contribution in [0.1, 0.15) is 43.7 Å². The molecule has 3 aromatic rings. The molecule has 1 aromatic heterocycles. The van der Waals surface area contributed by atoms with Crippen molar-refractivity contribution in [1.29, 1.82) is 0 Å². The van der Waals surface area contributed by atoms with Gasteiger partial charge in [0.05, 0.1) is 17.7 Å². The fourth-order valence-corrected chi connectivity index (χ4v) is 5.29. The van der Waals surface area contributed by atoms with E-state index < -0.39 is 0 Å². The van der Waals surface area contributed by atoms with Crippen LogP contribution in [0.25, 0.3) is 23.0 Å². The van der Waals surface area contributed by atoms with Crippen LogP contribution < -0.4 is 4.74 Å².